The monoisotopic (exact) mass is 351 g/mol. The number of halogens is 2. The Balaban J connectivity index is 1.59. The van der Waals surface area contributed by atoms with Crippen LogP contribution in [0.4, 0.5) is 8.78 Å². The molecule has 0 fully saturated rings. The predicted octanol–water partition coefficient (Wildman–Crippen LogP) is 5.63. The van der Waals surface area contributed by atoms with E-state index in [1.807, 2.05) is 23.6 Å². The molecule has 2 heterocycles. The van der Waals surface area contributed by atoms with E-state index in [0.29, 0.717) is 18.5 Å². The van der Waals surface area contributed by atoms with Crippen LogP contribution in [0.3, 0.4) is 0 Å². The van der Waals surface area contributed by atoms with Gasteiger partial charge in [0.15, 0.2) is 0 Å². The number of nitrogens with zero attached hydrogens (tertiary/aromatic N) is 1. The number of benzene rings is 2. The number of aliphatic imine (C=N–C) groups is 1. The Morgan fingerprint density at radius 2 is 1.80 bits per heavy atom. The predicted molar refractivity (Wildman–Crippen MR) is 99.2 cm³/mol. The molecule has 0 bridgehead atoms. The Morgan fingerprint density at radius 3 is 2.56 bits per heavy atom. The molecule has 0 spiro atoms. The summed E-state index contributed by atoms with van der Waals surface area (Å²) in [6, 6.07) is 13.9. The first-order chi connectivity index (χ1) is 12.2. The molecule has 0 unspecified atom stereocenters. The van der Waals surface area contributed by atoms with Crippen molar-refractivity contribution in [3.63, 3.8) is 0 Å². The van der Waals surface area contributed by atoms with Gasteiger partial charge in [-0.05, 0) is 64.9 Å². The number of hydrogen-bond acceptors (Lipinski definition) is 2. The van der Waals surface area contributed by atoms with Crippen LogP contribution >= 0.6 is 11.3 Å². The van der Waals surface area contributed by atoms with E-state index in [4.69, 9.17) is 0 Å². The molecular weight excluding hydrogens is 336 g/mol. The van der Waals surface area contributed by atoms with Crippen molar-refractivity contribution < 1.29 is 8.78 Å². The molecule has 1 aromatic heterocycles. The van der Waals surface area contributed by atoms with Crippen molar-refractivity contribution in [2.45, 2.75) is 13.0 Å². The van der Waals surface area contributed by atoms with E-state index >= 15 is 0 Å². The average Bonchev–Trinajstić information content (AvgIpc) is 3.21. The van der Waals surface area contributed by atoms with Crippen molar-refractivity contribution in [2.24, 2.45) is 4.99 Å². The highest BCUT2D eigenvalue weighted by molar-refractivity contribution is 7.10. The lowest BCUT2D eigenvalue weighted by Gasteiger charge is -2.06. The van der Waals surface area contributed by atoms with Gasteiger partial charge in [0.25, 0.3) is 0 Å². The zero-order chi connectivity index (χ0) is 17.2. The van der Waals surface area contributed by atoms with E-state index < -0.39 is 11.6 Å². The van der Waals surface area contributed by atoms with Gasteiger partial charge in [-0.2, -0.15) is 0 Å². The van der Waals surface area contributed by atoms with Gasteiger partial charge < -0.3 is 0 Å². The van der Waals surface area contributed by atoms with Gasteiger partial charge in [0.05, 0.1) is 12.3 Å². The first-order valence-corrected chi connectivity index (χ1v) is 8.88. The van der Waals surface area contributed by atoms with Crippen molar-refractivity contribution in [3.05, 3.63) is 98.8 Å². The van der Waals surface area contributed by atoms with Gasteiger partial charge in [0.2, 0.25) is 0 Å². The van der Waals surface area contributed by atoms with Gasteiger partial charge in [-0.25, -0.2) is 8.78 Å². The van der Waals surface area contributed by atoms with Crippen molar-refractivity contribution >= 4 is 23.1 Å². The number of rotatable bonds is 4. The third-order valence-corrected chi connectivity index (χ3v) is 4.99. The fourth-order valence-corrected chi connectivity index (χ4v) is 3.62. The molecule has 1 aliphatic heterocycles. The Kier molecular flexibility index (Phi) is 4.28. The minimum absolute atomic E-state index is 0.490. The summed E-state index contributed by atoms with van der Waals surface area (Å²) in [7, 11) is 0. The van der Waals surface area contributed by atoms with E-state index in [1.165, 1.54) is 22.6 Å². The molecule has 4 heteroatoms. The summed E-state index contributed by atoms with van der Waals surface area (Å²) >= 11 is 1.68. The van der Waals surface area contributed by atoms with E-state index in [1.54, 1.807) is 11.3 Å². The lowest BCUT2D eigenvalue weighted by atomic mass is 9.98. The van der Waals surface area contributed by atoms with Gasteiger partial charge in [0.1, 0.15) is 11.6 Å². The van der Waals surface area contributed by atoms with Crippen LogP contribution in [0.15, 0.2) is 65.0 Å². The molecule has 0 saturated heterocycles. The zero-order valence-electron chi connectivity index (χ0n) is 13.4. The molecule has 0 atom stereocenters. The van der Waals surface area contributed by atoms with Crippen LogP contribution in [0.1, 0.15) is 27.1 Å². The topological polar surface area (TPSA) is 12.4 Å². The standard InChI is InChI=1S/C21H15F2NS/c22-17-9-15(10-18(23)12-17)8-14-3-4-16-13-24-21(20(16)11-14)6-5-19-2-1-7-25-19/h1-7,9-12H,8,13H2/b6-5+. The fourth-order valence-electron chi connectivity index (χ4n) is 3.00. The van der Waals surface area contributed by atoms with E-state index in [0.717, 1.165) is 22.9 Å². The Morgan fingerprint density at radius 1 is 0.960 bits per heavy atom. The molecule has 0 aliphatic carbocycles. The number of allylic oxidation sites excluding steroid dienone is 1. The summed E-state index contributed by atoms with van der Waals surface area (Å²) in [4.78, 5) is 5.78. The summed E-state index contributed by atoms with van der Waals surface area (Å²) < 4.78 is 26.8. The van der Waals surface area contributed by atoms with E-state index in [9.17, 15) is 8.78 Å². The molecule has 2 aromatic carbocycles. The lowest BCUT2D eigenvalue weighted by Crippen LogP contribution is -1.98. The molecule has 4 rings (SSSR count). The molecule has 0 N–H and O–H groups in total. The van der Waals surface area contributed by atoms with Crippen LogP contribution in [-0.4, -0.2) is 5.71 Å². The Hall–Kier alpha value is -2.59. The number of thiophene rings is 1. The summed E-state index contributed by atoms with van der Waals surface area (Å²) in [5.41, 5.74) is 4.88. The first-order valence-electron chi connectivity index (χ1n) is 8.00. The average molecular weight is 351 g/mol. The van der Waals surface area contributed by atoms with Crippen molar-refractivity contribution in [1.82, 2.24) is 0 Å². The molecule has 3 aromatic rings. The second kappa shape index (κ2) is 6.73. The third-order valence-electron chi connectivity index (χ3n) is 4.15. The largest absolute Gasteiger partial charge is 0.280 e. The minimum Gasteiger partial charge on any atom is -0.280 e. The minimum atomic E-state index is -0.544. The highest BCUT2D eigenvalue weighted by Gasteiger charge is 2.14. The molecule has 0 radical (unpaired) electrons. The van der Waals surface area contributed by atoms with Gasteiger partial charge in [-0.3, -0.25) is 4.99 Å². The smallest absolute Gasteiger partial charge is 0.126 e. The molecule has 1 aliphatic rings. The Labute approximate surface area is 149 Å². The van der Waals surface area contributed by atoms with Crippen LogP contribution in [0.5, 0.6) is 0 Å². The van der Waals surface area contributed by atoms with Crippen molar-refractivity contribution in [2.75, 3.05) is 0 Å². The first kappa shape index (κ1) is 15.9. The molecule has 0 saturated carbocycles. The zero-order valence-corrected chi connectivity index (χ0v) is 14.2. The molecule has 25 heavy (non-hydrogen) atoms. The van der Waals surface area contributed by atoms with Crippen molar-refractivity contribution in [1.29, 1.82) is 0 Å². The quantitative estimate of drug-likeness (QED) is 0.577. The molecule has 124 valence electrons. The molecular formula is C21H15F2NS. The highest BCUT2D eigenvalue weighted by Crippen LogP contribution is 2.24. The van der Waals surface area contributed by atoms with Gasteiger partial charge in [0, 0.05) is 16.5 Å². The summed E-state index contributed by atoms with van der Waals surface area (Å²) in [6.45, 7) is 0.675. The van der Waals surface area contributed by atoms with Crippen LogP contribution < -0.4 is 0 Å². The van der Waals surface area contributed by atoms with Crippen LogP contribution in [0.25, 0.3) is 6.08 Å². The summed E-state index contributed by atoms with van der Waals surface area (Å²) in [6.07, 6.45) is 4.58. The second-order valence-electron chi connectivity index (χ2n) is 6.00. The summed E-state index contributed by atoms with van der Waals surface area (Å²) in [5.74, 6) is -1.09. The Bertz CT molecular complexity index is 951. The van der Waals surface area contributed by atoms with Gasteiger partial charge in [-0.1, -0.05) is 18.2 Å². The summed E-state index contributed by atoms with van der Waals surface area (Å²) in [5, 5.41) is 2.04. The van der Waals surface area contributed by atoms with Crippen molar-refractivity contribution in [3.8, 4) is 0 Å². The fraction of sp³-hybridized carbons (Fsp3) is 0.0952. The second-order valence-corrected chi connectivity index (χ2v) is 6.98. The highest BCUT2D eigenvalue weighted by atomic mass is 32.1. The number of hydrogen-bond donors (Lipinski definition) is 0. The van der Waals surface area contributed by atoms with Gasteiger partial charge in [-0.15, -0.1) is 11.3 Å². The van der Waals surface area contributed by atoms with E-state index in [-0.39, 0.29) is 0 Å². The number of fused-ring (bicyclic) bond motifs is 1. The third kappa shape index (κ3) is 3.59. The van der Waals surface area contributed by atoms with Crippen LogP contribution in [0.2, 0.25) is 0 Å². The maximum Gasteiger partial charge on any atom is 0.126 e. The normalized spacial score (nSPS) is 13.3. The maximum atomic E-state index is 13.4. The van der Waals surface area contributed by atoms with Gasteiger partial charge >= 0.3 is 0 Å². The van der Waals surface area contributed by atoms with E-state index in [2.05, 4.69) is 29.3 Å². The molecule has 1 nitrogen and oxygen atoms in total. The maximum absolute atomic E-state index is 13.4. The van der Waals surface area contributed by atoms with Crippen LogP contribution in [-0.2, 0) is 13.0 Å². The van der Waals surface area contributed by atoms with Crippen LogP contribution in [0, 0.1) is 11.6 Å². The molecule has 0 amide bonds. The lowest BCUT2D eigenvalue weighted by molar-refractivity contribution is 0.580. The SMILES string of the molecule is Fc1cc(F)cc(Cc2ccc3c(c2)C(/C=C/c2cccs2)=NC3)c1.